The smallest absolute Gasteiger partial charge is 0.341 e. The van der Waals surface area contributed by atoms with Crippen LogP contribution >= 0.6 is 0 Å². The Bertz CT molecular complexity index is 1280. The molecule has 4 aromatic rings. The van der Waals surface area contributed by atoms with Crippen LogP contribution < -0.4 is 0 Å². The predicted molar refractivity (Wildman–Crippen MR) is 112 cm³/mol. The summed E-state index contributed by atoms with van der Waals surface area (Å²) in [5.41, 5.74) is 5.27. The summed E-state index contributed by atoms with van der Waals surface area (Å²) >= 11 is 0. The van der Waals surface area contributed by atoms with E-state index in [0.29, 0.717) is 11.3 Å². The second kappa shape index (κ2) is 6.50. The number of hydrogen-bond donors (Lipinski definition) is 0. The molecular weight excluding hydrogens is 348 g/mol. The van der Waals surface area contributed by atoms with Gasteiger partial charge in [0.2, 0.25) is 0 Å². The highest BCUT2D eigenvalue weighted by atomic mass is 16.7. The van der Waals surface area contributed by atoms with E-state index in [9.17, 15) is 4.79 Å². The molecule has 136 valence electrons. The minimum absolute atomic E-state index is 0.421. The number of benzene rings is 3. The fraction of sp³-hybridized carbons (Fsp3) is 0.0833. The van der Waals surface area contributed by atoms with Crippen molar-refractivity contribution in [3.63, 3.8) is 0 Å². The van der Waals surface area contributed by atoms with Gasteiger partial charge in [0.15, 0.2) is 0 Å². The molecule has 0 unspecified atom stereocenters. The summed E-state index contributed by atoms with van der Waals surface area (Å²) in [5, 5.41) is 6.38. The maximum absolute atomic E-state index is 12.3. The van der Waals surface area contributed by atoms with Crippen molar-refractivity contribution in [2.75, 3.05) is 0 Å². The van der Waals surface area contributed by atoms with Crippen LogP contribution in [0.2, 0.25) is 0 Å². The van der Waals surface area contributed by atoms with Gasteiger partial charge in [0, 0.05) is 33.9 Å². The summed E-state index contributed by atoms with van der Waals surface area (Å²) in [5.74, 6) is -0.421. The van der Waals surface area contributed by atoms with Gasteiger partial charge in [-0.3, -0.25) is 0 Å². The van der Waals surface area contributed by atoms with E-state index in [1.807, 2.05) is 42.5 Å². The molecule has 0 saturated heterocycles. The highest BCUT2D eigenvalue weighted by Crippen LogP contribution is 2.31. The Morgan fingerprint density at radius 1 is 0.929 bits per heavy atom. The SMILES string of the molecule is CCn1c2ccccc2c2cc(C=C3C(=O)ON=C3c3ccccc3)ccc21. The molecule has 4 heteroatoms. The van der Waals surface area contributed by atoms with E-state index in [1.54, 1.807) is 0 Å². The van der Waals surface area contributed by atoms with Gasteiger partial charge in [0.25, 0.3) is 0 Å². The standard InChI is InChI=1S/C24H18N2O2/c1-2-26-21-11-7-6-10-18(21)19-14-16(12-13-22(19)26)15-20-23(25-28-24(20)27)17-8-4-3-5-9-17/h3-15H,2H2,1H3. The Morgan fingerprint density at radius 3 is 2.50 bits per heavy atom. The van der Waals surface area contributed by atoms with Gasteiger partial charge in [-0.2, -0.15) is 0 Å². The molecule has 4 nitrogen and oxygen atoms in total. The lowest BCUT2D eigenvalue weighted by Crippen LogP contribution is -2.06. The van der Waals surface area contributed by atoms with Crippen LogP contribution in [0.3, 0.4) is 0 Å². The number of aryl methyl sites for hydroxylation is 1. The average Bonchev–Trinajstić information content (AvgIpc) is 3.26. The van der Waals surface area contributed by atoms with Gasteiger partial charge in [-0.1, -0.05) is 59.8 Å². The van der Waals surface area contributed by atoms with Crippen molar-refractivity contribution in [2.45, 2.75) is 13.5 Å². The second-order valence-electron chi connectivity index (χ2n) is 6.78. The first-order chi connectivity index (χ1) is 13.8. The van der Waals surface area contributed by atoms with E-state index in [1.165, 1.54) is 21.8 Å². The molecule has 5 rings (SSSR count). The molecule has 0 bridgehead atoms. The normalized spacial score (nSPS) is 15.4. The molecule has 0 saturated carbocycles. The molecule has 0 aliphatic carbocycles. The number of rotatable bonds is 3. The topological polar surface area (TPSA) is 43.6 Å². The molecule has 0 N–H and O–H groups in total. The Morgan fingerprint density at radius 2 is 1.68 bits per heavy atom. The minimum Gasteiger partial charge on any atom is -0.341 e. The van der Waals surface area contributed by atoms with E-state index < -0.39 is 5.97 Å². The van der Waals surface area contributed by atoms with Crippen LogP contribution in [0.15, 0.2) is 83.5 Å². The van der Waals surface area contributed by atoms with E-state index in [4.69, 9.17) is 4.84 Å². The minimum atomic E-state index is -0.421. The molecule has 0 spiro atoms. The zero-order valence-electron chi connectivity index (χ0n) is 15.4. The summed E-state index contributed by atoms with van der Waals surface area (Å²) in [7, 11) is 0. The lowest BCUT2D eigenvalue weighted by molar-refractivity contribution is -0.136. The molecule has 0 fully saturated rings. The summed E-state index contributed by atoms with van der Waals surface area (Å²) < 4.78 is 2.31. The zero-order valence-corrected chi connectivity index (χ0v) is 15.4. The first kappa shape index (κ1) is 16.5. The van der Waals surface area contributed by atoms with Crippen LogP contribution in [0.1, 0.15) is 18.1 Å². The quantitative estimate of drug-likeness (QED) is 0.371. The van der Waals surface area contributed by atoms with Gasteiger partial charge >= 0.3 is 5.97 Å². The van der Waals surface area contributed by atoms with Crippen molar-refractivity contribution in [3.8, 4) is 0 Å². The third-order valence-electron chi connectivity index (χ3n) is 5.17. The monoisotopic (exact) mass is 366 g/mol. The number of aromatic nitrogens is 1. The fourth-order valence-electron chi connectivity index (χ4n) is 3.88. The first-order valence-corrected chi connectivity index (χ1v) is 9.34. The van der Waals surface area contributed by atoms with Crippen molar-refractivity contribution in [3.05, 3.63) is 89.5 Å². The highest BCUT2D eigenvalue weighted by Gasteiger charge is 2.26. The molecular formula is C24H18N2O2. The van der Waals surface area contributed by atoms with Crippen LogP contribution in [0.25, 0.3) is 27.9 Å². The molecule has 28 heavy (non-hydrogen) atoms. The Hall–Kier alpha value is -3.66. The Balaban J connectivity index is 1.66. The number of para-hydroxylation sites is 1. The zero-order chi connectivity index (χ0) is 19.1. The number of carbonyl (C=O) groups is 1. The molecule has 1 aliphatic heterocycles. The number of nitrogens with zero attached hydrogens (tertiary/aromatic N) is 2. The number of fused-ring (bicyclic) bond motifs is 3. The van der Waals surface area contributed by atoms with Crippen molar-refractivity contribution in [1.29, 1.82) is 0 Å². The maximum Gasteiger partial charge on any atom is 0.368 e. The third-order valence-corrected chi connectivity index (χ3v) is 5.17. The molecule has 0 radical (unpaired) electrons. The highest BCUT2D eigenvalue weighted by molar-refractivity contribution is 6.31. The van der Waals surface area contributed by atoms with Crippen molar-refractivity contribution < 1.29 is 9.63 Å². The number of hydrogen-bond acceptors (Lipinski definition) is 3. The van der Waals surface area contributed by atoms with Crippen LogP contribution in [0, 0.1) is 0 Å². The molecule has 1 aliphatic rings. The second-order valence-corrected chi connectivity index (χ2v) is 6.78. The van der Waals surface area contributed by atoms with Gasteiger partial charge in [-0.05, 0) is 36.8 Å². The van der Waals surface area contributed by atoms with Crippen molar-refractivity contribution in [1.82, 2.24) is 4.57 Å². The summed E-state index contributed by atoms with van der Waals surface area (Å²) in [6.45, 7) is 3.06. The number of carbonyl (C=O) groups excluding carboxylic acids is 1. The molecule has 3 aromatic carbocycles. The van der Waals surface area contributed by atoms with Gasteiger partial charge in [0.1, 0.15) is 5.71 Å². The molecule has 0 amide bonds. The largest absolute Gasteiger partial charge is 0.368 e. The number of oxime groups is 1. The van der Waals surface area contributed by atoms with E-state index in [2.05, 4.69) is 53.0 Å². The predicted octanol–water partition coefficient (Wildman–Crippen LogP) is 5.16. The lowest BCUT2D eigenvalue weighted by atomic mass is 10.00. The maximum atomic E-state index is 12.3. The third kappa shape index (κ3) is 2.54. The Labute approximate surface area is 162 Å². The summed E-state index contributed by atoms with van der Waals surface area (Å²) in [6.07, 6.45) is 1.86. The van der Waals surface area contributed by atoms with Gasteiger partial charge in [-0.25, -0.2) is 4.79 Å². The molecule has 0 atom stereocenters. The lowest BCUT2D eigenvalue weighted by Gasteiger charge is -2.03. The summed E-state index contributed by atoms with van der Waals surface area (Å²) in [4.78, 5) is 17.2. The molecule has 1 aromatic heterocycles. The summed E-state index contributed by atoms with van der Waals surface area (Å²) in [6, 6.07) is 24.3. The van der Waals surface area contributed by atoms with Crippen LogP contribution in [-0.4, -0.2) is 16.2 Å². The van der Waals surface area contributed by atoms with Crippen LogP contribution in [0.5, 0.6) is 0 Å². The van der Waals surface area contributed by atoms with Crippen LogP contribution in [-0.2, 0) is 16.2 Å². The van der Waals surface area contributed by atoms with Crippen LogP contribution in [0.4, 0.5) is 0 Å². The van der Waals surface area contributed by atoms with Gasteiger partial charge < -0.3 is 9.40 Å². The van der Waals surface area contributed by atoms with E-state index in [0.717, 1.165) is 17.7 Å². The average molecular weight is 366 g/mol. The fourth-order valence-corrected chi connectivity index (χ4v) is 3.88. The van der Waals surface area contributed by atoms with Crippen molar-refractivity contribution >= 4 is 39.6 Å². The first-order valence-electron chi connectivity index (χ1n) is 9.34. The van der Waals surface area contributed by atoms with E-state index in [-0.39, 0.29) is 0 Å². The molecule has 2 heterocycles. The van der Waals surface area contributed by atoms with Gasteiger partial charge in [0.05, 0.1) is 5.57 Å². The Kier molecular flexibility index (Phi) is 3.83. The van der Waals surface area contributed by atoms with E-state index >= 15 is 0 Å². The van der Waals surface area contributed by atoms with Crippen molar-refractivity contribution in [2.24, 2.45) is 5.16 Å². The van der Waals surface area contributed by atoms with Gasteiger partial charge in [-0.15, -0.1) is 0 Å².